The molecule has 78 valence electrons. The summed E-state index contributed by atoms with van der Waals surface area (Å²) in [6.07, 6.45) is -0.472. The summed E-state index contributed by atoms with van der Waals surface area (Å²) in [4.78, 5) is 24.5. The lowest BCUT2D eigenvalue weighted by molar-refractivity contribution is -0.130. The number of rotatable bonds is 4. The fourth-order valence-electron chi connectivity index (χ4n) is 0.834. The molecular weight excluding hydrogens is 204 g/mol. The number of thiazole rings is 1. The highest BCUT2D eigenvalue weighted by Crippen LogP contribution is 1.95. The average Bonchev–Trinajstić information content (AvgIpc) is 2.59. The average molecular weight is 216 g/mol. The Morgan fingerprint density at radius 1 is 1.79 bits per heavy atom. The van der Waals surface area contributed by atoms with Gasteiger partial charge in [-0.2, -0.15) is 0 Å². The van der Waals surface area contributed by atoms with E-state index in [4.69, 9.17) is 4.74 Å². The van der Waals surface area contributed by atoms with E-state index < -0.39 is 6.10 Å². The zero-order valence-corrected chi connectivity index (χ0v) is 8.81. The minimum Gasteiger partial charge on any atom is -0.372 e. The number of ether oxygens (including phenoxy) is 1. The number of methoxy groups -OCH3 is 1. The van der Waals surface area contributed by atoms with E-state index in [0.29, 0.717) is 12.2 Å². The molecule has 1 rings (SSSR count). The maximum Gasteiger partial charge on any atom is 0.304 e. The summed E-state index contributed by atoms with van der Waals surface area (Å²) in [7, 11) is 1.47. The summed E-state index contributed by atoms with van der Waals surface area (Å²) in [5.41, 5.74) is 0.705. The molecule has 0 saturated carbocycles. The molecule has 0 aliphatic carbocycles. The number of aromatic amines is 1. The monoisotopic (exact) mass is 216 g/mol. The number of H-pyrrole nitrogens is 1. The van der Waals surface area contributed by atoms with Gasteiger partial charge in [0.25, 0.3) is 0 Å². The number of hydrogen-bond acceptors (Lipinski definition) is 4. The van der Waals surface area contributed by atoms with Crippen LogP contribution < -0.4 is 10.2 Å². The van der Waals surface area contributed by atoms with Crippen LogP contribution in [0.2, 0.25) is 0 Å². The first-order valence-electron chi connectivity index (χ1n) is 4.10. The Morgan fingerprint density at radius 2 is 2.50 bits per heavy atom. The fraction of sp³-hybridized carbons (Fsp3) is 0.500. The van der Waals surface area contributed by atoms with Gasteiger partial charge in [-0.15, -0.1) is 0 Å². The van der Waals surface area contributed by atoms with Crippen molar-refractivity contribution in [3.8, 4) is 0 Å². The van der Waals surface area contributed by atoms with Crippen LogP contribution in [-0.4, -0.2) is 24.1 Å². The van der Waals surface area contributed by atoms with Crippen molar-refractivity contribution < 1.29 is 9.53 Å². The highest BCUT2D eigenvalue weighted by atomic mass is 32.1. The maximum absolute atomic E-state index is 11.2. The second kappa shape index (κ2) is 4.92. The van der Waals surface area contributed by atoms with Crippen molar-refractivity contribution in [1.82, 2.24) is 10.3 Å². The van der Waals surface area contributed by atoms with Crippen LogP contribution in [0.25, 0.3) is 0 Å². The predicted octanol–water partition coefficient (Wildman–Crippen LogP) is 0.0875. The Labute approximate surface area is 85.1 Å². The van der Waals surface area contributed by atoms with Gasteiger partial charge in [0.15, 0.2) is 0 Å². The number of amides is 1. The van der Waals surface area contributed by atoms with Crippen molar-refractivity contribution in [3.05, 3.63) is 20.7 Å². The van der Waals surface area contributed by atoms with Crippen molar-refractivity contribution >= 4 is 17.2 Å². The SMILES string of the molecule is COC(C)C(=O)NCc1csc(=O)[nH]1. The van der Waals surface area contributed by atoms with E-state index in [1.165, 1.54) is 7.11 Å². The first-order chi connectivity index (χ1) is 6.63. The molecule has 0 spiro atoms. The molecule has 0 radical (unpaired) electrons. The molecule has 0 aliphatic rings. The summed E-state index contributed by atoms with van der Waals surface area (Å²) >= 11 is 1.08. The van der Waals surface area contributed by atoms with Gasteiger partial charge in [0.1, 0.15) is 6.10 Å². The topological polar surface area (TPSA) is 71.2 Å². The highest BCUT2D eigenvalue weighted by molar-refractivity contribution is 7.07. The molecule has 0 aromatic carbocycles. The minimum absolute atomic E-state index is 0.117. The molecule has 0 saturated heterocycles. The zero-order chi connectivity index (χ0) is 10.6. The van der Waals surface area contributed by atoms with E-state index in [9.17, 15) is 9.59 Å². The van der Waals surface area contributed by atoms with Crippen molar-refractivity contribution in [1.29, 1.82) is 0 Å². The Balaban J connectivity index is 2.41. The Bertz CT molecular complexity index is 357. The second-order valence-corrected chi connectivity index (χ2v) is 3.61. The summed E-state index contributed by atoms with van der Waals surface area (Å²) in [5.74, 6) is -0.195. The van der Waals surface area contributed by atoms with Crippen LogP contribution in [-0.2, 0) is 16.1 Å². The summed E-state index contributed by atoms with van der Waals surface area (Å²) in [6, 6.07) is 0. The van der Waals surface area contributed by atoms with Crippen molar-refractivity contribution in [3.63, 3.8) is 0 Å². The predicted molar refractivity (Wildman–Crippen MR) is 53.3 cm³/mol. The lowest BCUT2D eigenvalue weighted by Crippen LogP contribution is -2.33. The van der Waals surface area contributed by atoms with E-state index in [-0.39, 0.29) is 10.8 Å². The highest BCUT2D eigenvalue weighted by Gasteiger charge is 2.10. The molecule has 1 heterocycles. The van der Waals surface area contributed by atoms with Gasteiger partial charge in [-0.1, -0.05) is 11.3 Å². The molecule has 1 amide bonds. The molecule has 1 aromatic rings. The van der Waals surface area contributed by atoms with E-state index in [0.717, 1.165) is 11.3 Å². The summed E-state index contributed by atoms with van der Waals surface area (Å²) in [6.45, 7) is 1.98. The van der Waals surface area contributed by atoms with Crippen LogP contribution in [0, 0.1) is 0 Å². The quantitative estimate of drug-likeness (QED) is 0.749. The van der Waals surface area contributed by atoms with Gasteiger partial charge in [-0.25, -0.2) is 0 Å². The zero-order valence-electron chi connectivity index (χ0n) is 7.99. The molecule has 14 heavy (non-hydrogen) atoms. The number of nitrogens with one attached hydrogen (secondary N) is 2. The molecule has 1 atom stereocenters. The Kier molecular flexibility index (Phi) is 3.84. The van der Waals surface area contributed by atoms with Gasteiger partial charge >= 0.3 is 4.87 Å². The molecule has 0 aliphatic heterocycles. The lowest BCUT2D eigenvalue weighted by Gasteiger charge is -2.08. The van der Waals surface area contributed by atoms with E-state index in [1.807, 2.05) is 0 Å². The number of hydrogen-bond donors (Lipinski definition) is 2. The number of carbonyl (C=O) groups excluding carboxylic acids is 1. The normalized spacial score (nSPS) is 12.4. The second-order valence-electron chi connectivity index (χ2n) is 2.77. The smallest absolute Gasteiger partial charge is 0.304 e. The van der Waals surface area contributed by atoms with Gasteiger partial charge in [-0.3, -0.25) is 9.59 Å². The van der Waals surface area contributed by atoms with E-state index in [2.05, 4.69) is 10.3 Å². The van der Waals surface area contributed by atoms with Gasteiger partial charge in [-0.05, 0) is 6.92 Å². The van der Waals surface area contributed by atoms with Crippen LogP contribution in [0.15, 0.2) is 10.2 Å². The van der Waals surface area contributed by atoms with Gasteiger partial charge < -0.3 is 15.0 Å². The van der Waals surface area contributed by atoms with Gasteiger partial charge in [0.05, 0.1) is 6.54 Å². The molecule has 1 aromatic heterocycles. The molecular formula is C8H12N2O3S. The summed E-state index contributed by atoms with van der Waals surface area (Å²) in [5, 5.41) is 4.32. The molecule has 1 unspecified atom stereocenters. The molecule has 0 fully saturated rings. The van der Waals surface area contributed by atoms with Crippen molar-refractivity contribution in [2.24, 2.45) is 0 Å². The fourth-order valence-corrected chi connectivity index (χ4v) is 1.42. The number of aromatic nitrogens is 1. The number of carbonyl (C=O) groups is 1. The third kappa shape index (κ3) is 2.97. The minimum atomic E-state index is -0.472. The van der Waals surface area contributed by atoms with Gasteiger partial charge in [0.2, 0.25) is 5.91 Å². The lowest BCUT2D eigenvalue weighted by atomic mass is 10.3. The van der Waals surface area contributed by atoms with Crippen molar-refractivity contribution in [2.45, 2.75) is 19.6 Å². The van der Waals surface area contributed by atoms with E-state index >= 15 is 0 Å². The van der Waals surface area contributed by atoms with Crippen molar-refractivity contribution in [2.75, 3.05) is 7.11 Å². The first-order valence-corrected chi connectivity index (χ1v) is 4.98. The van der Waals surface area contributed by atoms with E-state index in [1.54, 1.807) is 12.3 Å². The standard InChI is InChI=1S/C8H12N2O3S/c1-5(13-2)7(11)9-3-6-4-14-8(12)10-6/h4-5H,3H2,1-2H3,(H,9,11)(H,10,12). The van der Waals surface area contributed by atoms with Crippen LogP contribution in [0.4, 0.5) is 0 Å². The van der Waals surface area contributed by atoms with Crippen LogP contribution >= 0.6 is 11.3 Å². The largest absolute Gasteiger partial charge is 0.372 e. The third-order valence-electron chi connectivity index (χ3n) is 1.75. The Morgan fingerprint density at radius 3 is 3.00 bits per heavy atom. The first kappa shape index (κ1) is 10.9. The maximum atomic E-state index is 11.2. The van der Waals surface area contributed by atoms with Crippen LogP contribution in [0.1, 0.15) is 12.6 Å². The van der Waals surface area contributed by atoms with Crippen LogP contribution in [0.5, 0.6) is 0 Å². The molecule has 6 heteroatoms. The molecule has 2 N–H and O–H groups in total. The third-order valence-corrected chi connectivity index (χ3v) is 2.47. The molecule has 5 nitrogen and oxygen atoms in total. The summed E-state index contributed by atoms with van der Waals surface area (Å²) < 4.78 is 4.82. The Hall–Kier alpha value is -1.14. The van der Waals surface area contributed by atoms with Gasteiger partial charge in [0, 0.05) is 18.2 Å². The molecule has 0 bridgehead atoms. The van der Waals surface area contributed by atoms with Crippen LogP contribution in [0.3, 0.4) is 0 Å².